The van der Waals surface area contributed by atoms with Crippen molar-refractivity contribution in [1.29, 1.82) is 5.26 Å². The number of rotatable bonds is 5. The Morgan fingerprint density at radius 3 is 2.53 bits per heavy atom. The zero-order chi connectivity index (χ0) is 20.7. The number of aromatic nitrogens is 1. The fraction of sp³-hybridized carbons (Fsp3) is 0.435. The van der Waals surface area contributed by atoms with Crippen molar-refractivity contribution in [1.82, 2.24) is 15.2 Å². The van der Waals surface area contributed by atoms with E-state index in [1.165, 1.54) is 5.56 Å². The summed E-state index contributed by atoms with van der Waals surface area (Å²) in [4.78, 5) is 21.9. The summed E-state index contributed by atoms with van der Waals surface area (Å²) in [6.45, 7) is 1.84. The average Bonchev–Trinajstić information content (AvgIpc) is 3.51. The third-order valence-electron chi connectivity index (χ3n) is 6.69. The Bertz CT molecular complexity index is 983. The van der Waals surface area contributed by atoms with Crippen LogP contribution in [-0.4, -0.2) is 47.5 Å². The molecule has 1 aliphatic carbocycles. The molecule has 2 atom stereocenters. The predicted octanol–water partition coefficient (Wildman–Crippen LogP) is 3.17. The van der Waals surface area contributed by atoms with Gasteiger partial charge in [-0.2, -0.15) is 5.26 Å². The molecule has 0 spiro atoms. The molecule has 3 fully saturated rings. The molecule has 1 aromatic carbocycles. The number of hydrogen-bond acceptors (Lipinski definition) is 5. The summed E-state index contributed by atoms with van der Waals surface area (Å²) in [7, 11) is 0. The topological polar surface area (TPSA) is 72.3 Å². The molecule has 1 N–H and O–H groups in total. The SMILES string of the molecule is N#Cc1ccc(N2C3CCC2CN(C(=O)CNC2(c4ccccc4Br)CC2)C3)nc1. The van der Waals surface area contributed by atoms with Gasteiger partial charge in [-0.25, -0.2) is 4.98 Å². The van der Waals surface area contributed by atoms with Gasteiger partial charge in [0, 0.05) is 41.4 Å². The Hall–Kier alpha value is -2.43. The monoisotopic (exact) mass is 465 g/mol. The lowest BCUT2D eigenvalue weighted by atomic mass is 10.1. The first-order valence-corrected chi connectivity index (χ1v) is 11.3. The van der Waals surface area contributed by atoms with Crippen LogP contribution in [0.2, 0.25) is 0 Å². The number of carbonyl (C=O) groups excluding carboxylic acids is 1. The van der Waals surface area contributed by atoms with Crippen LogP contribution < -0.4 is 10.2 Å². The maximum Gasteiger partial charge on any atom is 0.236 e. The number of fused-ring (bicyclic) bond motifs is 2. The first-order chi connectivity index (χ1) is 14.6. The van der Waals surface area contributed by atoms with Crippen molar-refractivity contribution < 1.29 is 4.79 Å². The molecule has 0 radical (unpaired) electrons. The molecule has 7 heteroatoms. The zero-order valence-corrected chi connectivity index (χ0v) is 18.3. The molecule has 2 saturated heterocycles. The fourth-order valence-electron chi connectivity index (χ4n) is 4.96. The van der Waals surface area contributed by atoms with E-state index in [9.17, 15) is 4.79 Å². The fourth-order valence-corrected chi connectivity index (χ4v) is 5.62. The van der Waals surface area contributed by atoms with Crippen LogP contribution in [0.5, 0.6) is 0 Å². The molecule has 3 heterocycles. The summed E-state index contributed by atoms with van der Waals surface area (Å²) in [6.07, 6.45) is 5.90. The molecule has 6 nitrogen and oxygen atoms in total. The lowest BCUT2D eigenvalue weighted by Crippen LogP contribution is -2.57. The molecule has 2 bridgehead atoms. The van der Waals surface area contributed by atoms with Crippen LogP contribution in [0.25, 0.3) is 0 Å². The van der Waals surface area contributed by atoms with Gasteiger partial charge in [-0.1, -0.05) is 34.1 Å². The third kappa shape index (κ3) is 3.48. The normalized spacial score (nSPS) is 23.9. The van der Waals surface area contributed by atoms with E-state index in [-0.39, 0.29) is 11.4 Å². The Balaban J connectivity index is 1.23. The van der Waals surface area contributed by atoms with Crippen LogP contribution in [0, 0.1) is 11.3 Å². The molecule has 154 valence electrons. The van der Waals surface area contributed by atoms with Crippen LogP contribution in [0.4, 0.5) is 5.82 Å². The molecule has 1 aromatic heterocycles. The number of piperazine rings is 1. The van der Waals surface area contributed by atoms with E-state index >= 15 is 0 Å². The van der Waals surface area contributed by atoms with Gasteiger partial charge in [0.05, 0.1) is 12.1 Å². The number of halogens is 1. The number of amides is 1. The van der Waals surface area contributed by atoms with Crippen molar-refractivity contribution >= 4 is 27.7 Å². The summed E-state index contributed by atoms with van der Waals surface area (Å²) in [5, 5.41) is 12.5. The van der Waals surface area contributed by atoms with E-state index in [4.69, 9.17) is 5.26 Å². The Morgan fingerprint density at radius 1 is 1.20 bits per heavy atom. The number of hydrogen-bond donors (Lipinski definition) is 1. The highest BCUT2D eigenvalue weighted by Gasteiger charge is 2.46. The molecule has 3 aliphatic rings. The minimum absolute atomic E-state index is 0.0665. The van der Waals surface area contributed by atoms with Gasteiger partial charge < -0.3 is 9.80 Å². The zero-order valence-electron chi connectivity index (χ0n) is 16.7. The first kappa shape index (κ1) is 19.5. The molecule has 2 aliphatic heterocycles. The number of carbonyl (C=O) groups is 1. The number of anilines is 1. The van der Waals surface area contributed by atoms with E-state index in [0.717, 1.165) is 49.1 Å². The Kier molecular flexibility index (Phi) is 5.00. The van der Waals surface area contributed by atoms with Gasteiger partial charge in [-0.15, -0.1) is 0 Å². The van der Waals surface area contributed by atoms with E-state index in [1.807, 2.05) is 23.1 Å². The maximum absolute atomic E-state index is 13.0. The molecular formula is C23H24BrN5O. The van der Waals surface area contributed by atoms with Gasteiger partial charge in [0.2, 0.25) is 5.91 Å². The van der Waals surface area contributed by atoms with Gasteiger partial charge in [-0.05, 0) is 49.4 Å². The van der Waals surface area contributed by atoms with Crippen molar-refractivity contribution in [2.24, 2.45) is 0 Å². The molecular weight excluding hydrogens is 442 g/mol. The van der Waals surface area contributed by atoms with Crippen molar-refractivity contribution in [2.75, 3.05) is 24.5 Å². The summed E-state index contributed by atoms with van der Waals surface area (Å²) < 4.78 is 1.10. The molecule has 2 unspecified atom stereocenters. The number of benzene rings is 1. The van der Waals surface area contributed by atoms with Crippen LogP contribution in [-0.2, 0) is 10.3 Å². The number of nitrogens with zero attached hydrogens (tertiary/aromatic N) is 4. The molecule has 30 heavy (non-hydrogen) atoms. The van der Waals surface area contributed by atoms with Crippen molar-refractivity contribution in [3.05, 3.63) is 58.2 Å². The highest BCUT2D eigenvalue weighted by molar-refractivity contribution is 9.10. The minimum atomic E-state index is -0.0665. The highest BCUT2D eigenvalue weighted by atomic mass is 79.9. The van der Waals surface area contributed by atoms with Crippen molar-refractivity contribution in [3.8, 4) is 6.07 Å². The second kappa shape index (κ2) is 7.68. The van der Waals surface area contributed by atoms with E-state index < -0.39 is 0 Å². The molecule has 5 rings (SSSR count). The Morgan fingerprint density at radius 2 is 1.93 bits per heavy atom. The number of nitrogens with one attached hydrogen (secondary N) is 1. The smallest absolute Gasteiger partial charge is 0.236 e. The largest absolute Gasteiger partial charge is 0.347 e. The Labute approximate surface area is 185 Å². The van der Waals surface area contributed by atoms with Gasteiger partial charge >= 0.3 is 0 Å². The summed E-state index contributed by atoms with van der Waals surface area (Å²) in [6, 6.07) is 14.7. The van der Waals surface area contributed by atoms with Crippen LogP contribution in [0.15, 0.2) is 47.1 Å². The number of pyridine rings is 1. The van der Waals surface area contributed by atoms with E-state index in [1.54, 1.807) is 6.20 Å². The maximum atomic E-state index is 13.0. The van der Waals surface area contributed by atoms with Gasteiger partial charge in [-0.3, -0.25) is 10.1 Å². The average molecular weight is 466 g/mol. The van der Waals surface area contributed by atoms with Gasteiger partial charge in [0.1, 0.15) is 11.9 Å². The van der Waals surface area contributed by atoms with E-state index in [0.29, 0.717) is 24.2 Å². The lowest BCUT2D eigenvalue weighted by Gasteiger charge is -2.42. The second-order valence-electron chi connectivity index (χ2n) is 8.52. The third-order valence-corrected chi connectivity index (χ3v) is 7.39. The van der Waals surface area contributed by atoms with Crippen LogP contribution in [0.1, 0.15) is 36.8 Å². The first-order valence-electron chi connectivity index (χ1n) is 10.5. The summed E-state index contributed by atoms with van der Waals surface area (Å²) in [5.41, 5.74) is 1.75. The number of nitriles is 1. The quantitative estimate of drug-likeness (QED) is 0.733. The molecule has 1 amide bonds. The number of likely N-dealkylation sites (tertiary alicyclic amines) is 1. The summed E-state index contributed by atoms with van der Waals surface area (Å²) >= 11 is 3.65. The van der Waals surface area contributed by atoms with E-state index in [2.05, 4.69) is 55.4 Å². The minimum Gasteiger partial charge on any atom is -0.347 e. The van der Waals surface area contributed by atoms with Crippen molar-refractivity contribution in [3.63, 3.8) is 0 Å². The van der Waals surface area contributed by atoms with Crippen LogP contribution in [0.3, 0.4) is 0 Å². The van der Waals surface area contributed by atoms with Gasteiger partial charge in [0.25, 0.3) is 0 Å². The van der Waals surface area contributed by atoms with Crippen molar-refractivity contribution in [2.45, 2.75) is 43.3 Å². The van der Waals surface area contributed by atoms with Crippen LogP contribution >= 0.6 is 15.9 Å². The standard InChI is InChI=1S/C23H24BrN5O/c24-20-4-2-1-3-19(20)23(9-10-23)27-13-22(30)28-14-17-6-7-18(15-28)29(17)21-8-5-16(11-25)12-26-21/h1-5,8,12,17-18,27H,6-7,9-10,13-15H2. The second-order valence-corrected chi connectivity index (χ2v) is 9.38. The van der Waals surface area contributed by atoms with Gasteiger partial charge in [0.15, 0.2) is 0 Å². The summed E-state index contributed by atoms with van der Waals surface area (Å²) in [5.74, 6) is 1.09. The lowest BCUT2D eigenvalue weighted by molar-refractivity contribution is -0.131. The molecule has 2 aromatic rings. The molecule has 1 saturated carbocycles. The highest BCUT2D eigenvalue weighted by Crippen LogP contribution is 2.47. The predicted molar refractivity (Wildman–Crippen MR) is 118 cm³/mol.